The van der Waals surface area contributed by atoms with Gasteiger partial charge < -0.3 is 14.2 Å². The second kappa shape index (κ2) is 17.6. The third-order valence-corrected chi connectivity index (χ3v) is 12.1. The molecule has 0 aliphatic carbocycles. The van der Waals surface area contributed by atoms with Gasteiger partial charge in [0.1, 0.15) is 13.2 Å². The van der Waals surface area contributed by atoms with Gasteiger partial charge in [0.25, 0.3) is 0 Å². The summed E-state index contributed by atoms with van der Waals surface area (Å²) in [6.07, 6.45) is 7.31. The summed E-state index contributed by atoms with van der Waals surface area (Å²) in [5.74, 6) is -0.952. The van der Waals surface area contributed by atoms with Crippen molar-refractivity contribution in [3.63, 3.8) is 0 Å². The minimum Gasteiger partial charge on any atom is -0.465 e. The smallest absolute Gasteiger partial charge is 0.312 e. The number of hydrogen-bond donors (Lipinski definition) is 0. The Morgan fingerprint density at radius 1 is 1.00 bits per heavy atom. The first-order valence-corrected chi connectivity index (χ1v) is 18.1. The topological polar surface area (TPSA) is 103 Å². The van der Waals surface area contributed by atoms with Gasteiger partial charge in [-0.15, -0.1) is 9.24 Å². The molecule has 0 saturated heterocycles. The fraction of sp³-hybridized carbons (Fsp3) is 0.737. The second-order valence-corrected chi connectivity index (χ2v) is 15.3. The number of carbonyl (C=O) groups is 3. The zero-order valence-corrected chi connectivity index (χ0v) is 31.0. The first kappa shape index (κ1) is 39.7. The zero-order valence-electron chi connectivity index (χ0n) is 29.8. The molecule has 0 N–H and O–H groups in total. The molecule has 0 aromatic heterocycles. The number of fused-ring (bicyclic) bond motifs is 18. The minimum atomic E-state index is -0.921. The molecule has 1 aromatic rings. The SMILES string of the molecule is CCCCOC(=O)C1(C)CCc2ccc(cc2)CCC(C(C)(C#N)CC)CC(P)C(C)(CC)C(=O)OCCOC(=O)C(C)(CC)C1. The molecule has 3 rings (SSSR count). The lowest BCUT2D eigenvalue weighted by molar-refractivity contribution is -0.168. The van der Waals surface area contributed by atoms with Crippen molar-refractivity contribution in [3.8, 4) is 6.07 Å². The van der Waals surface area contributed by atoms with E-state index in [9.17, 15) is 19.6 Å². The van der Waals surface area contributed by atoms with Crippen molar-refractivity contribution in [3.05, 3.63) is 35.4 Å². The van der Waals surface area contributed by atoms with Gasteiger partial charge in [-0.25, -0.2) is 0 Å². The van der Waals surface area contributed by atoms with E-state index in [0.29, 0.717) is 38.7 Å². The Balaban J connectivity index is 2.48. The largest absolute Gasteiger partial charge is 0.465 e. The number of esters is 3. The van der Waals surface area contributed by atoms with Crippen LogP contribution in [0, 0.1) is 38.9 Å². The maximum atomic E-state index is 13.5. The molecule has 0 saturated carbocycles. The Kier molecular flexibility index (Phi) is 15.2. The van der Waals surface area contributed by atoms with E-state index in [1.54, 1.807) is 0 Å². The van der Waals surface area contributed by atoms with E-state index in [1.165, 1.54) is 5.56 Å². The molecule has 258 valence electrons. The number of rotatable bonds is 8. The first-order chi connectivity index (χ1) is 21.7. The number of carbonyl (C=O) groups excluding carboxylic acids is 3. The van der Waals surface area contributed by atoms with Crippen LogP contribution in [0.5, 0.6) is 0 Å². The summed E-state index contributed by atoms with van der Waals surface area (Å²) >= 11 is 0. The predicted octanol–water partition coefficient (Wildman–Crippen LogP) is 8.41. The van der Waals surface area contributed by atoms with Crippen molar-refractivity contribution in [1.82, 2.24) is 0 Å². The maximum Gasteiger partial charge on any atom is 0.312 e. The molecule has 2 aliphatic heterocycles. The van der Waals surface area contributed by atoms with Gasteiger partial charge in [-0.1, -0.05) is 58.4 Å². The summed E-state index contributed by atoms with van der Waals surface area (Å²) in [4.78, 5) is 40.6. The highest BCUT2D eigenvalue weighted by Gasteiger charge is 2.46. The van der Waals surface area contributed by atoms with Crippen LogP contribution in [0.4, 0.5) is 0 Å². The van der Waals surface area contributed by atoms with Crippen molar-refractivity contribution < 1.29 is 28.6 Å². The third kappa shape index (κ3) is 10.0. The molecule has 2 heterocycles. The summed E-state index contributed by atoms with van der Waals surface area (Å²) < 4.78 is 17.2. The number of aryl methyl sites for hydroxylation is 2. The van der Waals surface area contributed by atoms with Crippen molar-refractivity contribution in [1.29, 1.82) is 5.26 Å². The summed E-state index contributed by atoms with van der Waals surface area (Å²) in [6.45, 7) is 16.0. The molecular formula is C38H60NO6P. The Morgan fingerprint density at radius 2 is 1.59 bits per heavy atom. The van der Waals surface area contributed by atoms with Gasteiger partial charge in [-0.05, 0) is 115 Å². The molecule has 7 nitrogen and oxygen atoms in total. The third-order valence-electron chi connectivity index (χ3n) is 11.0. The van der Waals surface area contributed by atoms with E-state index >= 15 is 0 Å². The molecule has 7 unspecified atom stereocenters. The maximum absolute atomic E-state index is 13.5. The first-order valence-electron chi connectivity index (χ1n) is 17.4. The molecule has 2 aliphatic rings. The van der Waals surface area contributed by atoms with Gasteiger partial charge in [-0.3, -0.25) is 14.4 Å². The predicted molar refractivity (Wildman–Crippen MR) is 186 cm³/mol. The van der Waals surface area contributed by atoms with Gasteiger partial charge >= 0.3 is 17.9 Å². The number of hydrogen-bond acceptors (Lipinski definition) is 7. The van der Waals surface area contributed by atoms with Crippen LogP contribution in [0.1, 0.15) is 124 Å². The van der Waals surface area contributed by atoms with Crippen LogP contribution in [-0.2, 0) is 41.4 Å². The highest BCUT2D eigenvalue weighted by molar-refractivity contribution is 7.17. The highest BCUT2D eigenvalue weighted by atomic mass is 31.0. The van der Waals surface area contributed by atoms with Crippen molar-refractivity contribution in [2.24, 2.45) is 27.6 Å². The monoisotopic (exact) mass is 657 g/mol. The van der Waals surface area contributed by atoms with Crippen LogP contribution in [0.15, 0.2) is 24.3 Å². The molecule has 0 spiro atoms. The standard InChI is InChI=1S/C38H60NO6P/c1-9-13-22-43-33(41)37(7)21-20-29-16-14-28(15-17-29)18-19-30(36(6,11-3)27-39)25-31(46)38(8,12-4)34(42)45-24-23-44-32(40)35(5,10-2)26-37/h14-17,30-31H,9-13,18-26,46H2,1-8H3. The zero-order chi connectivity index (χ0) is 34.6. The van der Waals surface area contributed by atoms with Crippen molar-refractivity contribution in [2.45, 2.75) is 132 Å². The van der Waals surface area contributed by atoms with E-state index in [1.807, 2.05) is 41.5 Å². The van der Waals surface area contributed by atoms with Gasteiger partial charge in [0.2, 0.25) is 0 Å². The number of ether oxygens (including phenoxy) is 3. The summed E-state index contributed by atoms with van der Waals surface area (Å²) in [5.41, 5.74) is -0.921. The van der Waals surface area contributed by atoms with Crippen LogP contribution in [-0.4, -0.2) is 43.4 Å². The van der Waals surface area contributed by atoms with E-state index in [0.717, 1.165) is 37.7 Å². The van der Waals surface area contributed by atoms with E-state index in [2.05, 4.69) is 53.4 Å². The normalized spacial score (nSPS) is 30.2. The average molecular weight is 658 g/mol. The van der Waals surface area contributed by atoms with Crippen molar-refractivity contribution >= 4 is 27.1 Å². The van der Waals surface area contributed by atoms with E-state index in [-0.39, 0.29) is 43.2 Å². The molecule has 8 heteroatoms. The van der Waals surface area contributed by atoms with Crippen molar-refractivity contribution in [2.75, 3.05) is 19.8 Å². The molecule has 0 fully saturated rings. The number of nitriles is 1. The summed E-state index contributed by atoms with van der Waals surface area (Å²) in [5, 5.41) is 10.2. The lowest BCUT2D eigenvalue weighted by Gasteiger charge is -2.38. The molecule has 46 heavy (non-hydrogen) atoms. The fourth-order valence-electron chi connectivity index (χ4n) is 6.47. The Hall–Kier alpha value is -2.45. The lowest BCUT2D eigenvalue weighted by Crippen LogP contribution is -2.42. The number of unbranched alkanes of at least 4 members (excludes halogenated alkanes) is 1. The number of benzene rings is 1. The molecular weight excluding hydrogens is 597 g/mol. The molecule has 2 bridgehead atoms. The molecule has 0 amide bonds. The van der Waals surface area contributed by atoms with Crippen LogP contribution in [0.25, 0.3) is 0 Å². The quantitative estimate of drug-likeness (QED) is 0.120. The summed E-state index contributed by atoms with van der Waals surface area (Å²) in [7, 11) is 2.87. The Bertz CT molecular complexity index is 1200. The Labute approximate surface area is 281 Å². The lowest BCUT2D eigenvalue weighted by atomic mass is 9.68. The van der Waals surface area contributed by atoms with Gasteiger partial charge in [0, 0.05) is 0 Å². The van der Waals surface area contributed by atoms with Crippen LogP contribution in [0.3, 0.4) is 0 Å². The molecule has 7 atom stereocenters. The van der Waals surface area contributed by atoms with Gasteiger partial charge in [0.05, 0.1) is 34.3 Å². The van der Waals surface area contributed by atoms with Crippen LogP contribution < -0.4 is 0 Å². The number of nitrogens with zero attached hydrogens (tertiary/aromatic N) is 1. The van der Waals surface area contributed by atoms with E-state index < -0.39 is 27.6 Å². The van der Waals surface area contributed by atoms with Crippen LogP contribution >= 0.6 is 9.24 Å². The van der Waals surface area contributed by atoms with E-state index in [4.69, 9.17) is 14.2 Å². The fourth-order valence-corrected chi connectivity index (χ4v) is 7.17. The average Bonchev–Trinajstić information content (AvgIpc) is 3.06. The molecule has 0 radical (unpaired) electrons. The second-order valence-electron chi connectivity index (χ2n) is 14.5. The van der Waals surface area contributed by atoms with Gasteiger partial charge in [-0.2, -0.15) is 5.26 Å². The Morgan fingerprint density at radius 3 is 2.11 bits per heavy atom. The van der Waals surface area contributed by atoms with Gasteiger partial charge in [0.15, 0.2) is 0 Å². The minimum absolute atomic E-state index is 0.0457. The molecule has 1 aromatic carbocycles. The highest BCUT2D eigenvalue weighted by Crippen LogP contribution is 2.45. The summed E-state index contributed by atoms with van der Waals surface area (Å²) in [6, 6.07) is 11.1. The van der Waals surface area contributed by atoms with Crippen LogP contribution in [0.2, 0.25) is 0 Å².